The summed E-state index contributed by atoms with van der Waals surface area (Å²) in [5.74, 6) is 0.647. The maximum atomic E-state index is 12.9. The van der Waals surface area contributed by atoms with Crippen molar-refractivity contribution in [1.29, 1.82) is 0 Å². The number of rotatable bonds is 4. The van der Waals surface area contributed by atoms with Gasteiger partial charge in [0.05, 0.1) is 0 Å². The molecule has 0 unspecified atom stereocenters. The number of amides is 1. The summed E-state index contributed by atoms with van der Waals surface area (Å²) in [7, 11) is 0. The minimum absolute atomic E-state index is 0. The Bertz CT molecular complexity index is 986. The van der Waals surface area contributed by atoms with Crippen LogP contribution in [0, 0.1) is 11.2 Å². The van der Waals surface area contributed by atoms with Crippen LogP contribution in [0.4, 0.5) is 21.6 Å². The lowest BCUT2D eigenvalue weighted by Gasteiger charge is -2.46. The van der Waals surface area contributed by atoms with Gasteiger partial charge < -0.3 is 20.9 Å². The molecular weight excluding hydrogens is 453 g/mol. The summed E-state index contributed by atoms with van der Waals surface area (Å²) in [4.78, 5) is 20.3. The van der Waals surface area contributed by atoms with E-state index in [0.29, 0.717) is 23.7 Å². The lowest BCUT2D eigenvalue weighted by molar-refractivity contribution is -0.121. The van der Waals surface area contributed by atoms with Crippen molar-refractivity contribution in [1.82, 2.24) is 10.3 Å². The molecule has 1 aromatic heterocycles. The van der Waals surface area contributed by atoms with Crippen LogP contribution in [-0.4, -0.2) is 43.1 Å². The molecule has 0 bridgehead atoms. The predicted octanol–water partition coefficient (Wildman–Crippen LogP) is 6.03. The van der Waals surface area contributed by atoms with Gasteiger partial charge in [-0.2, -0.15) is 0 Å². The largest absolute Gasteiger partial charge is 0.384 e. The Morgan fingerprint density at radius 3 is 2.33 bits per heavy atom. The average molecular weight is 500 g/mol. The zero-order valence-electron chi connectivity index (χ0n) is 21.7. The Morgan fingerprint density at radius 2 is 1.69 bits per heavy atom. The van der Waals surface area contributed by atoms with Crippen LogP contribution in [0.5, 0.6) is 0 Å². The van der Waals surface area contributed by atoms with E-state index in [2.05, 4.69) is 20.1 Å². The molecular formula is C29H46FN5O. The van der Waals surface area contributed by atoms with Gasteiger partial charge in [-0.3, -0.25) is 4.79 Å². The van der Waals surface area contributed by atoms with Gasteiger partial charge in [0, 0.05) is 65.1 Å². The number of nitrogens with one attached hydrogen (secondary N) is 1. The summed E-state index contributed by atoms with van der Waals surface area (Å²) in [5.41, 5.74) is 8.50. The van der Waals surface area contributed by atoms with Crippen molar-refractivity contribution < 1.29 is 12.0 Å². The van der Waals surface area contributed by atoms with Crippen LogP contribution in [0.1, 0.15) is 74.0 Å². The Labute approximate surface area is 218 Å². The van der Waals surface area contributed by atoms with Crippen LogP contribution in [0.15, 0.2) is 42.6 Å². The molecule has 2 aliphatic heterocycles. The van der Waals surface area contributed by atoms with Gasteiger partial charge in [-0.25, -0.2) is 9.37 Å². The van der Waals surface area contributed by atoms with Crippen molar-refractivity contribution in [2.75, 3.05) is 41.7 Å². The number of anilines is 3. The number of piperidine rings is 2. The fourth-order valence-corrected chi connectivity index (χ4v) is 5.90. The van der Waals surface area contributed by atoms with Crippen LogP contribution in [-0.2, 0) is 4.79 Å². The van der Waals surface area contributed by atoms with Gasteiger partial charge in [-0.1, -0.05) is 13.0 Å². The standard InChI is InChI=1S/C18H28N4O.C11H14FN.2H2/c1-2-17(23)21-14-3-6-18(7-4-14)8-11-22(12-9-18)15-5-10-20-16(19)13-15;12-10-5-4-6-11(9-10)13-7-2-1-3-8-13;;/h5,10,13-14H,2-4,6-9,11-12H2,1H3,(H2,19,20)(H,21,23);4-6,9H,1-3,7-8H2;2*1H. The summed E-state index contributed by atoms with van der Waals surface area (Å²) >= 11 is 0. The summed E-state index contributed by atoms with van der Waals surface area (Å²) in [5, 5.41) is 3.16. The first-order chi connectivity index (χ1) is 17.5. The fourth-order valence-electron chi connectivity index (χ4n) is 5.90. The molecule has 200 valence electrons. The molecule has 1 aliphatic carbocycles. The van der Waals surface area contributed by atoms with Crippen molar-refractivity contribution >= 4 is 23.1 Å². The molecule has 0 radical (unpaired) electrons. The summed E-state index contributed by atoms with van der Waals surface area (Å²) in [6.07, 6.45) is 13.4. The van der Waals surface area contributed by atoms with E-state index in [1.165, 1.54) is 56.7 Å². The Hall–Kier alpha value is -2.83. The topological polar surface area (TPSA) is 74.5 Å². The van der Waals surface area contributed by atoms with E-state index in [9.17, 15) is 9.18 Å². The van der Waals surface area contributed by atoms with E-state index >= 15 is 0 Å². The number of pyridine rings is 1. The van der Waals surface area contributed by atoms with Gasteiger partial charge in [0.1, 0.15) is 11.6 Å². The first-order valence-corrected chi connectivity index (χ1v) is 13.7. The number of carbonyl (C=O) groups is 1. The van der Waals surface area contributed by atoms with Crippen molar-refractivity contribution in [2.45, 2.75) is 77.2 Å². The third kappa shape index (κ3) is 7.11. The molecule has 7 heteroatoms. The van der Waals surface area contributed by atoms with E-state index in [1.807, 2.05) is 25.1 Å². The molecule has 3 aliphatic rings. The van der Waals surface area contributed by atoms with Crippen LogP contribution in [0.3, 0.4) is 0 Å². The summed E-state index contributed by atoms with van der Waals surface area (Å²) in [6, 6.07) is 11.3. The molecule has 1 amide bonds. The van der Waals surface area contributed by atoms with Crippen molar-refractivity contribution in [3.05, 3.63) is 48.4 Å². The van der Waals surface area contributed by atoms with Crippen molar-refractivity contribution in [3.8, 4) is 0 Å². The molecule has 1 spiro atoms. The molecule has 1 saturated carbocycles. The van der Waals surface area contributed by atoms with E-state index in [0.717, 1.165) is 44.7 Å². The Morgan fingerprint density at radius 1 is 1.03 bits per heavy atom. The number of halogens is 1. The molecule has 1 aromatic carbocycles. The molecule has 2 aromatic rings. The second kappa shape index (κ2) is 12.4. The first-order valence-electron chi connectivity index (χ1n) is 13.7. The molecule has 3 heterocycles. The predicted molar refractivity (Wildman–Crippen MR) is 150 cm³/mol. The zero-order chi connectivity index (χ0) is 25.4. The van der Waals surface area contributed by atoms with Gasteiger partial charge in [0.15, 0.2) is 0 Å². The van der Waals surface area contributed by atoms with Gasteiger partial charge in [0.2, 0.25) is 5.91 Å². The van der Waals surface area contributed by atoms with E-state index in [-0.39, 0.29) is 14.6 Å². The Kier molecular flexibility index (Phi) is 9.05. The molecule has 36 heavy (non-hydrogen) atoms. The number of hydrogen-bond acceptors (Lipinski definition) is 5. The molecule has 3 fully saturated rings. The van der Waals surface area contributed by atoms with E-state index in [1.54, 1.807) is 18.3 Å². The van der Waals surface area contributed by atoms with Crippen molar-refractivity contribution in [3.63, 3.8) is 0 Å². The van der Waals surface area contributed by atoms with Crippen molar-refractivity contribution in [2.24, 2.45) is 5.41 Å². The number of aromatic nitrogens is 1. The smallest absolute Gasteiger partial charge is 0.219 e. The molecule has 0 atom stereocenters. The van der Waals surface area contributed by atoms with Crippen LogP contribution < -0.4 is 20.9 Å². The normalized spacial score (nSPS) is 19.9. The second-order valence-electron chi connectivity index (χ2n) is 10.6. The van der Waals surface area contributed by atoms with Crippen LogP contribution in [0.25, 0.3) is 0 Å². The van der Waals surface area contributed by atoms with Gasteiger partial charge in [-0.05, 0) is 87.5 Å². The highest BCUT2D eigenvalue weighted by Gasteiger charge is 2.38. The highest BCUT2D eigenvalue weighted by molar-refractivity contribution is 5.75. The lowest BCUT2D eigenvalue weighted by Crippen LogP contribution is -2.45. The number of nitrogens with zero attached hydrogens (tertiary/aromatic N) is 3. The highest BCUT2D eigenvalue weighted by Crippen LogP contribution is 2.45. The molecule has 2 saturated heterocycles. The number of nitrogen functional groups attached to an aromatic ring is 1. The SMILES string of the molecule is CCC(=O)NC1CCC2(CC1)CCN(c1ccnc(N)c1)CC2.Fc1cccc(N2CCCCC2)c1.[HH].[HH]. The lowest BCUT2D eigenvalue weighted by atomic mass is 9.67. The maximum absolute atomic E-state index is 12.9. The van der Waals surface area contributed by atoms with Gasteiger partial charge in [0.25, 0.3) is 0 Å². The number of benzene rings is 1. The number of carbonyl (C=O) groups excluding carboxylic acids is 1. The van der Waals surface area contributed by atoms with Gasteiger partial charge >= 0.3 is 0 Å². The van der Waals surface area contributed by atoms with E-state index in [4.69, 9.17) is 5.73 Å². The summed E-state index contributed by atoms with van der Waals surface area (Å²) < 4.78 is 12.9. The van der Waals surface area contributed by atoms with Crippen LogP contribution in [0.2, 0.25) is 0 Å². The molecule has 3 N–H and O–H groups in total. The summed E-state index contributed by atoms with van der Waals surface area (Å²) in [6.45, 7) is 6.25. The quantitative estimate of drug-likeness (QED) is 0.537. The van der Waals surface area contributed by atoms with E-state index < -0.39 is 0 Å². The monoisotopic (exact) mass is 499 g/mol. The number of hydrogen-bond donors (Lipinski definition) is 2. The number of nitrogens with two attached hydrogens (primary N) is 1. The third-order valence-corrected chi connectivity index (χ3v) is 8.22. The maximum Gasteiger partial charge on any atom is 0.219 e. The minimum Gasteiger partial charge on any atom is -0.384 e. The average Bonchev–Trinajstić information content (AvgIpc) is 2.91. The second-order valence-corrected chi connectivity index (χ2v) is 10.6. The fraction of sp³-hybridized carbons (Fsp3) is 0.586. The minimum atomic E-state index is -0.136. The zero-order valence-corrected chi connectivity index (χ0v) is 21.7. The van der Waals surface area contributed by atoms with Gasteiger partial charge in [-0.15, -0.1) is 0 Å². The highest BCUT2D eigenvalue weighted by atomic mass is 19.1. The Balaban J connectivity index is 0.000000289. The molecule has 6 nitrogen and oxygen atoms in total. The third-order valence-electron chi connectivity index (χ3n) is 8.22. The first kappa shape index (κ1) is 26.2. The van der Waals surface area contributed by atoms with Crippen LogP contribution >= 0.6 is 0 Å². The molecule has 5 rings (SSSR count).